The second-order valence-corrected chi connectivity index (χ2v) is 10.9. The molecule has 0 atom stereocenters. The molecule has 2 aliphatic heterocycles. The first-order valence-electron chi connectivity index (χ1n) is 12.4. The van der Waals surface area contributed by atoms with Gasteiger partial charge in [0.15, 0.2) is 0 Å². The van der Waals surface area contributed by atoms with Gasteiger partial charge < -0.3 is 29.6 Å². The highest BCUT2D eigenvalue weighted by Gasteiger charge is 2.29. The second-order valence-electron chi connectivity index (χ2n) is 9.84. The number of hydrogen-bond donors (Lipinski definition) is 2. The van der Waals surface area contributed by atoms with Crippen LogP contribution in [0.25, 0.3) is 0 Å². The average molecular weight is 522 g/mol. The van der Waals surface area contributed by atoms with Crippen LogP contribution in [0.4, 0.5) is 0 Å². The minimum atomic E-state index is -0.430. The zero-order valence-electron chi connectivity index (χ0n) is 21.0. The molecule has 9 heteroatoms. The van der Waals surface area contributed by atoms with Crippen molar-refractivity contribution in [2.24, 2.45) is 0 Å². The fraction of sp³-hybridized carbons (Fsp3) is 0.357. The molecule has 0 aliphatic carbocycles. The monoisotopic (exact) mass is 521 g/mol. The number of phenols is 2. The summed E-state index contributed by atoms with van der Waals surface area (Å²) in [7, 11) is 3.75. The van der Waals surface area contributed by atoms with Gasteiger partial charge in [0.25, 0.3) is 11.8 Å². The van der Waals surface area contributed by atoms with Crippen LogP contribution < -0.4 is 4.74 Å². The number of carbonyl (C=O) groups is 2. The molecule has 3 aromatic rings. The number of hydrogen-bond acceptors (Lipinski definition) is 7. The number of nitrogens with zero attached hydrogens (tertiary/aromatic N) is 3. The Morgan fingerprint density at radius 3 is 2.49 bits per heavy atom. The Labute approximate surface area is 220 Å². The van der Waals surface area contributed by atoms with Gasteiger partial charge in [0, 0.05) is 44.2 Å². The number of likely N-dealkylation sites (tertiary alicyclic amines) is 1. The van der Waals surface area contributed by atoms with Crippen LogP contribution >= 0.6 is 11.3 Å². The second kappa shape index (κ2) is 10.4. The van der Waals surface area contributed by atoms with Crippen LogP contribution in [0, 0.1) is 0 Å². The van der Waals surface area contributed by atoms with Crippen molar-refractivity contribution in [1.82, 2.24) is 14.7 Å². The number of benzene rings is 2. The lowest BCUT2D eigenvalue weighted by Crippen LogP contribution is -2.35. The number of phenolic OH excluding ortho intramolecular Hbond substituents is 2. The Kier molecular flexibility index (Phi) is 7.08. The van der Waals surface area contributed by atoms with E-state index in [-0.39, 0.29) is 28.7 Å². The first kappa shape index (κ1) is 25.1. The lowest BCUT2D eigenvalue weighted by Gasteiger charge is -2.29. The average Bonchev–Trinajstić information content (AvgIpc) is 3.54. The third-order valence-electron chi connectivity index (χ3n) is 7.05. The number of fused-ring (bicyclic) bond motifs is 1. The van der Waals surface area contributed by atoms with E-state index < -0.39 is 11.8 Å². The van der Waals surface area contributed by atoms with Gasteiger partial charge in [0.05, 0.1) is 17.7 Å². The summed E-state index contributed by atoms with van der Waals surface area (Å²) in [6, 6.07) is 12.1. The number of piperidine rings is 1. The van der Waals surface area contributed by atoms with E-state index in [2.05, 4.69) is 11.9 Å². The normalized spacial score (nSPS) is 16.0. The maximum absolute atomic E-state index is 13.4. The smallest absolute Gasteiger partial charge is 0.258 e. The molecule has 0 saturated carbocycles. The van der Waals surface area contributed by atoms with Crippen molar-refractivity contribution in [3.63, 3.8) is 0 Å². The molecule has 2 amide bonds. The van der Waals surface area contributed by atoms with E-state index in [1.54, 1.807) is 11.9 Å². The summed E-state index contributed by atoms with van der Waals surface area (Å²) in [5.41, 5.74) is 1.99. The summed E-state index contributed by atoms with van der Waals surface area (Å²) in [5, 5.41) is 22.8. The van der Waals surface area contributed by atoms with Crippen LogP contribution in [0.2, 0.25) is 0 Å². The molecular weight excluding hydrogens is 490 g/mol. The molecule has 1 saturated heterocycles. The van der Waals surface area contributed by atoms with Gasteiger partial charge in [0.2, 0.25) is 0 Å². The van der Waals surface area contributed by atoms with Gasteiger partial charge in [-0.05, 0) is 60.7 Å². The van der Waals surface area contributed by atoms with Crippen molar-refractivity contribution in [2.45, 2.75) is 38.6 Å². The van der Waals surface area contributed by atoms with E-state index >= 15 is 0 Å². The quantitative estimate of drug-likeness (QED) is 0.508. The molecule has 0 bridgehead atoms. The number of thiophene rings is 1. The standard InChI is InChI=1S/C28H31N3O5S/c1-29-9-7-20(8-10-29)36-21-6-5-18-15-31(16-19(18)12-21)28(35)24-13-23(25(32)14-26(24)33)27(34)30(2)17-22-4-3-11-37-22/h3-6,11-14,20,32-33H,7-10,15-17H2,1-2H3. The molecule has 3 heterocycles. The zero-order valence-corrected chi connectivity index (χ0v) is 21.8. The summed E-state index contributed by atoms with van der Waals surface area (Å²) < 4.78 is 6.20. The molecule has 0 unspecified atom stereocenters. The van der Waals surface area contributed by atoms with Crippen LogP contribution in [0.15, 0.2) is 47.8 Å². The predicted molar refractivity (Wildman–Crippen MR) is 141 cm³/mol. The molecule has 0 radical (unpaired) electrons. The molecule has 1 aromatic heterocycles. The molecule has 37 heavy (non-hydrogen) atoms. The highest BCUT2D eigenvalue weighted by molar-refractivity contribution is 7.09. The summed E-state index contributed by atoms with van der Waals surface area (Å²) >= 11 is 1.53. The number of ether oxygens (including phenoxy) is 1. The number of rotatable bonds is 6. The van der Waals surface area contributed by atoms with Crippen molar-refractivity contribution in [3.05, 3.63) is 75.0 Å². The van der Waals surface area contributed by atoms with E-state index in [9.17, 15) is 19.8 Å². The van der Waals surface area contributed by atoms with Gasteiger partial charge in [-0.1, -0.05) is 12.1 Å². The van der Waals surface area contributed by atoms with E-state index in [0.29, 0.717) is 19.6 Å². The molecular formula is C28H31N3O5S. The van der Waals surface area contributed by atoms with E-state index in [0.717, 1.165) is 53.8 Å². The van der Waals surface area contributed by atoms with Crippen molar-refractivity contribution in [2.75, 3.05) is 27.2 Å². The Hall–Kier alpha value is -3.56. The van der Waals surface area contributed by atoms with Gasteiger partial charge >= 0.3 is 0 Å². The summed E-state index contributed by atoms with van der Waals surface area (Å²) in [6.07, 6.45) is 2.17. The van der Waals surface area contributed by atoms with Gasteiger partial charge in [-0.2, -0.15) is 0 Å². The minimum Gasteiger partial charge on any atom is -0.507 e. The first-order chi connectivity index (χ1) is 17.8. The molecule has 0 spiro atoms. The largest absolute Gasteiger partial charge is 0.507 e. The molecule has 2 N–H and O–H groups in total. The molecule has 1 fully saturated rings. The minimum absolute atomic E-state index is 0.0127. The van der Waals surface area contributed by atoms with Gasteiger partial charge in [-0.25, -0.2) is 0 Å². The Morgan fingerprint density at radius 2 is 1.76 bits per heavy atom. The topological polar surface area (TPSA) is 93.6 Å². The van der Waals surface area contributed by atoms with Crippen molar-refractivity contribution in [1.29, 1.82) is 0 Å². The summed E-state index contributed by atoms with van der Waals surface area (Å²) in [5.74, 6) is -0.752. The predicted octanol–water partition coefficient (Wildman–Crippen LogP) is 4.06. The third kappa shape index (κ3) is 5.42. The Bertz CT molecular complexity index is 1300. The lowest BCUT2D eigenvalue weighted by molar-refractivity contribution is 0.0748. The zero-order chi connectivity index (χ0) is 26.1. The molecule has 2 aromatic carbocycles. The van der Waals surface area contributed by atoms with Gasteiger partial charge in [-0.15, -0.1) is 11.3 Å². The van der Waals surface area contributed by atoms with Crippen LogP contribution in [0.5, 0.6) is 17.2 Å². The van der Waals surface area contributed by atoms with Crippen molar-refractivity contribution in [3.8, 4) is 17.2 Å². The molecule has 2 aliphatic rings. The lowest BCUT2D eigenvalue weighted by atomic mass is 10.1. The van der Waals surface area contributed by atoms with Crippen LogP contribution in [0.3, 0.4) is 0 Å². The maximum atomic E-state index is 13.4. The summed E-state index contributed by atoms with van der Waals surface area (Å²) in [6.45, 7) is 3.18. The molecule has 194 valence electrons. The SMILES string of the molecule is CN1CCC(Oc2ccc3c(c2)CN(C(=O)c2cc(C(=O)N(C)Cc4cccs4)c(O)cc2O)C3)CC1. The van der Waals surface area contributed by atoms with E-state index in [1.807, 2.05) is 35.7 Å². The number of aromatic hydroxyl groups is 2. The highest BCUT2D eigenvalue weighted by Crippen LogP contribution is 2.33. The van der Waals surface area contributed by atoms with Crippen LogP contribution in [-0.2, 0) is 19.6 Å². The van der Waals surface area contributed by atoms with E-state index in [4.69, 9.17) is 4.74 Å². The Balaban J connectivity index is 1.29. The fourth-order valence-corrected chi connectivity index (χ4v) is 5.64. The van der Waals surface area contributed by atoms with Crippen molar-refractivity contribution >= 4 is 23.2 Å². The highest BCUT2D eigenvalue weighted by atomic mass is 32.1. The first-order valence-corrected chi connectivity index (χ1v) is 13.3. The van der Waals surface area contributed by atoms with Gasteiger partial charge in [-0.3, -0.25) is 9.59 Å². The molecule has 5 rings (SSSR count). The fourth-order valence-electron chi connectivity index (χ4n) is 4.89. The maximum Gasteiger partial charge on any atom is 0.258 e. The third-order valence-corrected chi connectivity index (χ3v) is 7.91. The van der Waals surface area contributed by atoms with Gasteiger partial charge in [0.1, 0.15) is 23.4 Å². The van der Waals surface area contributed by atoms with Crippen molar-refractivity contribution < 1.29 is 24.5 Å². The summed E-state index contributed by atoms with van der Waals surface area (Å²) in [4.78, 5) is 32.8. The van der Waals surface area contributed by atoms with Crippen LogP contribution in [0.1, 0.15) is 49.6 Å². The number of carbonyl (C=O) groups excluding carboxylic acids is 2. The Morgan fingerprint density at radius 1 is 1.03 bits per heavy atom. The van der Waals surface area contributed by atoms with E-state index in [1.165, 1.54) is 22.3 Å². The van der Waals surface area contributed by atoms with Crippen LogP contribution in [-0.4, -0.2) is 70.0 Å². The number of amides is 2. The molecule has 8 nitrogen and oxygen atoms in total.